The molecule has 1 heteroatoms. The first kappa shape index (κ1) is 17.4. The van der Waals surface area contributed by atoms with Crippen LogP contribution in [0.5, 0.6) is 0 Å². The molecule has 0 N–H and O–H groups in total. The predicted octanol–water partition coefficient (Wildman–Crippen LogP) is 6.13. The van der Waals surface area contributed by atoms with Gasteiger partial charge in [-0.3, -0.25) is 6.08 Å². The van der Waals surface area contributed by atoms with Crippen LogP contribution >= 0.6 is 0 Å². The second kappa shape index (κ2) is 8.08. The maximum absolute atomic E-state index is 2.99. The van der Waals surface area contributed by atoms with Gasteiger partial charge < -0.3 is 0 Å². The van der Waals surface area contributed by atoms with Crippen LogP contribution in [0.1, 0.15) is 30.4 Å². The Kier molecular flexibility index (Phi) is 5.85. The number of fused-ring (bicyclic) bond motifs is 3. The van der Waals surface area contributed by atoms with Gasteiger partial charge in [0.05, 0.1) is 0 Å². The van der Waals surface area contributed by atoms with Crippen LogP contribution in [0.3, 0.4) is 0 Å². The average Bonchev–Trinajstić information content (AvgIpc) is 3.07. The van der Waals surface area contributed by atoms with E-state index in [9.17, 15) is 0 Å². The Hall–Kier alpha value is -1.46. The van der Waals surface area contributed by atoms with Crippen molar-refractivity contribution in [2.45, 2.75) is 33.1 Å². The molecule has 0 atom stereocenters. The van der Waals surface area contributed by atoms with E-state index in [1.54, 1.807) is 27.4 Å². The van der Waals surface area contributed by atoms with E-state index < -0.39 is 0 Å². The molecule has 0 spiro atoms. The molecule has 2 aliphatic rings. The fourth-order valence-electron chi connectivity index (χ4n) is 2.63. The minimum atomic E-state index is 1.01. The minimum absolute atomic E-state index is 1.01. The molecule has 0 heterocycles. The zero-order chi connectivity index (χ0) is 16.9. The Morgan fingerprint density at radius 2 is 1.46 bits per heavy atom. The molecule has 5 rings (SSSR count). The van der Waals surface area contributed by atoms with E-state index in [0.29, 0.717) is 0 Å². The first-order chi connectivity index (χ1) is 11.6. The number of aryl methyl sites for hydroxylation is 2. The molecule has 118 valence electrons. The second-order valence-electron chi connectivity index (χ2n) is 6.43. The monoisotopic (exact) mass is 388 g/mol. The zero-order valence-corrected chi connectivity index (χ0v) is 16.9. The third-order valence-electron chi connectivity index (χ3n) is 4.10. The number of benzene rings is 2. The zero-order valence-electron chi connectivity index (χ0n) is 14.4. The molecule has 0 bridgehead atoms. The van der Waals surface area contributed by atoms with Gasteiger partial charge in [0.2, 0.25) is 0 Å². The molecule has 24 heavy (non-hydrogen) atoms. The van der Waals surface area contributed by atoms with Crippen molar-refractivity contribution >= 4 is 24.8 Å². The molecule has 0 saturated heterocycles. The van der Waals surface area contributed by atoms with Crippen LogP contribution in [0.4, 0.5) is 0 Å². The predicted molar refractivity (Wildman–Crippen MR) is 102 cm³/mol. The van der Waals surface area contributed by atoms with E-state index in [1.807, 2.05) is 12.2 Å². The van der Waals surface area contributed by atoms with Gasteiger partial charge in [0, 0.05) is 0 Å². The van der Waals surface area contributed by atoms with Gasteiger partial charge >= 0.3 is 40.3 Å². The van der Waals surface area contributed by atoms with Gasteiger partial charge in [-0.25, -0.2) is 12.2 Å². The summed E-state index contributed by atoms with van der Waals surface area (Å²) >= 11 is 1.66. The van der Waals surface area contributed by atoms with E-state index in [0.717, 1.165) is 6.42 Å². The van der Waals surface area contributed by atoms with Crippen molar-refractivity contribution < 1.29 is 24.2 Å². The number of hydrogen-bond acceptors (Lipinski definition) is 0. The van der Waals surface area contributed by atoms with E-state index >= 15 is 0 Å². The SMILES string of the molecule is Cc1ccc2[cH-]c3ccc(C)cc3c2c1.[C-]1=CC=CC1.[Zr+2]=[C]1CC1. The molecule has 3 aromatic rings. The number of rotatable bonds is 0. The molecular formula is C23H22Zr. The van der Waals surface area contributed by atoms with Crippen LogP contribution in [0.15, 0.2) is 60.7 Å². The quantitative estimate of drug-likeness (QED) is 0.405. The summed E-state index contributed by atoms with van der Waals surface area (Å²) in [4.78, 5) is 0. The molecule has 0 aliphatic heterocycles. The topological polar surface area (TPSA) is 0 Å². The molecule has 1 saturated carbocycles. The van der Waals surface area contributed by atoms with Crippen LogP contribution in [0, 0.1) is 19.9 Å². The number of allylic oxidation sites excluding steroid dienone is 4. The summed E-state index contributed by atoms with van der Waals surface area (Å²) in [6, 6.07) is 15.6. The summed E-state index contributed by atoms with van der Waals surface area (Å²) in [7, 11) is 0. The van der Waals surface area contributed by atoms with Gasteiger partial charge in [-0.15, -0.1) is 46.2 Å². The van der Waals surface area contributed by atoms with Crippen LogP contribution in [-0.4, -0.2) is 3.21 Å². The Morgan fingerprint density at radius 3 is 1.79 bits per heavy atom. The average molecular weight is 390 g/mol. The molecule has 0 radical (unpaired) electrons. The summed E-state index contributed by atoms with van der Waals surface area (Å²) in [6.45, 7) is 4.29. The van der Waals surface area contributed by atoms with E-state index in [-0.39, 0.29) is 0 Å². The van der Waals surface area contributed by atoms with Crippen molar-refractivity contribution in [1.82, 2.24) is 0 Å². The summed E-state index contributed by atoms with van der Waals surface area (Å²) in [6.07, 6.45) is 12.9. The third kappa shape index (κ3) is 4.77. The molecule has 2 aliphatic carbocycles. The fraction of sp³-hybridized carbons (Fsp3) is 0.217. The van der Waals surface area contributed by atoms with Crippen LogP contribution in [0.25, 0.3) is 21.5 Å². The molecular weight excluding hydrogens is 367 g/mol. The molecule has 0 amide bonds. The summed E-state index contributed by atoms with van der Waals surface area (Å²) in [5.41, 5.74) is 2.66. The fourth-order valence-corrected chi connectivity index (χ4v) is 2.94. The summed E-state index contributed by atoms with van der Waals surface area (Å²) in [5.74, 6) is 0. The van der Waals surface area contributed by atoms with E-state index in [1.165, 1.54) is 45.5 Å². The molecule has 3 aromatic carbocycles. The van der Waals surface area contributed by atoms with Crippen molar-refractivity contribution in [3.63, 3.8) is 0 Å². The summed E-state index contributed by atoms with van der Waals surface area (Å²) < 4.78 is 1.76. The first-order valence-electron chi connectivity index (χ1n) is 8.48. The molecule has 0 nitrogen and oxygen atoms in total. The van der Waals surface area contributed by atoms with Gasteiger partial charge in [-0.05, 0) is 13.8 Å². The van der Waals surface area contributed by atoms with Gasteiger partial charge in [-0.2, -0.15) is 6.08 Å². The van der Waals surface area contributed by atoms with Crippen molar-refractivity contribution in [3.05, 3.63) is 77.9 Å². The second-order valence-corrected chi connectivity index (χ2v) is 8.17. The van der Waals surface area contributed by atoms with Crippen LogP contribution in [-0.2, 0) is 24.2 Å². The van der Waals surface area contributed by atoms with Crippen molar-refractivity contribution in [3.8, 4) is 0 Å². The normalized spacial score (nSPS) is 14.4. The number of hydrogen-bond donors (Lipinski definition) is 0. The molecule has 1 fully saturated rings. The Balaban J connectivity index is 0.000000153. The Morgan fingerprint density at radius 1 is 0.917 bits per heavy atom. The Labute approximate surface area is 159 Å². The van der Waals surface area contributed by atoms with Crippen molar-refractivity contribution in [2.75, 3.05) is 0 Å². The van der Waals surface area contributed by atoms with Crippen LogP contribution in [0.2, 0.25) is 0 Å². The Bertz CT molecular complexity index is 850. The van der Waals surface area contributed by atoms with Crippen molar-refractivity contribution in [2.24, 2.45) is 0 Å². The standard InChI is InChI=1S/C15H13.C5H5.C3H4.Zr/c1-10-3-5-12-9-13-6-4-11(2)8-15(13)14(12)7-10;1-2-4-5-3-1;1-2-3-1;/h3-9H,1-2H3;1-3H,4H2;1-2H2;/q2*-1;;+2. The van der Waals surface area contributed by atoms with E-state index in [2.05, 4.69) is 68.5 Å². The van der Waals surface area contributed by atoms with Crippen molar-refractivity contribution in [1.29, 1.82) is 0 Å². The van der Waals surface area contributed by atoms with Gasteiger partial charge in [0.25, 0.3) is 0 Å². The van der Waals surface area contributed by atoms with Gasteiger partial charge in [0.1, 0.15) is 0 Å². The third-order valence-corrected chi connectivity index (χ3v) is 5.33. The molecule has 0 aromatic heterocycles. The van der Waals surface area contributed by atoms with E-state index in [4.69, 9.17) is 0 Å². The molecule has 0 unspecified atom stereocenters. The van der Waals surface area contributed by atoms with Gasteiger partial charge in [0.15, 0.2) is 0 Å². The first-order valence-corrected chi connectivity index (χ1v) is 9.71. The van der Waals surface area contributed by atoms with Gasteiger partial charge in [-0.1, -0.05) is 35.4 Å². The van der Waals surface area contributed by atoms with Crippen LogP contribution < -0.4 is 0 Å². The summed E-state index contributed by atoms with van der Waals surface area (Å²) in [5, 5.41) is 5.46. The maximum atomic E-state index is 2.99.